The van der Waals surface area contributed by atoms with E-state index in [1.165, 1.54) is 24.0 Å². The van der Waals surface area contributed by atoms with Crippen LogP contribution in [0.2, 0.25) is 0 Å². The monoisotopic (exact) mass is 304 g/mol. The van der Waals surface area contributed by atoms with Crippen LogP contribution in [0.3, 0.4) is 0 Å². The Bertz CT molecular complexity index is 822. The minimum atomic E-state index is 0.660. The summed E-state index contributed by atoms with van der Waals surface area (Å²) in [4.78, 5) is 15.6. The Labute approximate surface area is 136 Å². The van der Waals surface area contributed by atoms with Gasteiger partial charge in [0.15, 0.2) is 5.65 Å². The highest BCUT2D eigenvalue weighted by Gasteiger charge is 2.22. The maximum atomic E-state index is 4.67. The van der Waals surface area contributed by atoms with Gasteiger partial charge in [0.1, 0.15) is 11.3 Å². The molecule has 0 amide bonds. The smallest absolute Gasteiger partial charge is 0.180 e. The van der Waals surface area contributed by atoms with Gasteiger partial charge in [-0.15, -0.1) is 0 Å². The van der Waals surface area contributed by atoms with Crippen LogP contribution in [0.25, 0.3) is 11.2 Å². The summed E-state index contributed by atoms with van der Waals surface area (Å²) in [6, 6.07) is 12.8. The highest BCUT2D eigenvalue weighted by atomic mass is 15.2. The van der Waals surface area contributed by atoms with E-state index in [0.29, 0.717) is 5.92 Å². The van der Waals surface area contributed by atoms with Crippen LogP contribution in [0.5, 0.6) is 0 Å². The SMILES string of the molecule is Cc1ccccc1C1CCN(c2ccc3nccnc3n2)CC1. The molecule has 0 saturated carbocycles. The Morgan fingerprint density at radius 1 is 0.957 bits per heavy atom. The number of hydrogen-bond donors (Lipinski definition) is 0. The summed E-state index contributed by atoms with van der Waals surface area (Å²) in [7, 11) is 0. The number of nitrogens with zero attached hydrogens (tertiary/aromatic N) is 4. The number of piperidine rings is 1. The van der Waals surface area contributed by atoms with E-state index in [2.05, 4.69) is 57.1 Å². The van der Waals surface area contributed by atoms with Gasteiger partial charge in [0.05, 0.1) is 0 Å². The lowest BCUT2D eigenvalue weighted by Crippen LogP contribution is -2.33. The number of rotatable bonds is 2. The van der Waals surface area contributed by atoms with Crippen molar-refractivity contribution in [3.8, 4) is 0 Å². The van der Waals surface area contributed by atoms with Crippen molar-refractivity contribution in [2.75, 3.05) is 18.0 Å². The number of pyridine rings is 1. The molecule has 0 bridgehead atoms. The molecule has 1 fully saturated rings. The first-order chi connectivity index (χ1) is 11.3. The van der Waals surface area contributed by atoms with Crippen molar-refractivity contribution in [3.63, 3.8) is 0 Å². The molecule has 0 spiro atoms. The molecule has 0 radical (unpaired) electrons. The summed E-state index contributed by atoms with van der Waals surface area (Å²) >= 11 is 0. The fourth-order valence-electron chi connectivity index (χ4n) is 3.48. The zero-order chi connectivity index (χ0) is 15.6. The van der Waals surface area contributed by atoms with E-state index < -0.39 is 0 Å². The molecule has 4 nitrogen and oxygen atoms in total. The van der Waals surface area contributed by atoms with Crippen molar-refractivity contribution < 1.29 is 0 Å². The molecule has 0 unspecified atom stereocenters. The average Bonchev–Trinajstić information content (AvgIpc) is 2.62. The van der Waals surface area contributed by atoms with E-state index in [1.807, 2.05) is 6.07 Å². The van der Waals surface area contributed by atoms with Crippen LogP contribution in [0.1, 0.15) is 29.9 Å². The third-order valence-electron chi connectivity index (χ3n) is 4.76. The molecule has 3 heterocycles. The van der Waals surface area contributed by atoms with Crippen LogP contribution < -0.4 is 4.90 Å². The second kappa shape index (κ2) is 5.95. The minimum absolute atomic E-state index is 0.660. The molecule has 1 aromatic carbocycles. The molecule has 1 saturated heterocycles. The van der Waals surface area contributed by atoms with E-state index in [4.69, 9.17) is 0 Å². The molecule has 0 N–H and O–H groups in total. The van der Waals surface area contributed by atoms with Crippen LogP contribution >= 0.6 is 0 Å². The van der Waals surface area contributed by atoms with E-state index >= 15 is 0 Å². The van der Waals surface area contributed by atoms with Gasteiger partial charge in [-0.2, -0.15) is 0 Å². The molecule has 4 heteroatoms. The number of hydrogen-bond acceptors (Lipinski definition) is 4. The summed E-state index contributed by atoms with van der Waals surface area (Å²) in [6.45, 7) is 4.29. The van der Waals surface area contributed by atoms with Crippen molar-refractivity contribution in [1.82, 2.24) is 15.0 Å². The van der Waals surface area contributed by atoms with Crippen molar-refractivity contribution in [1.29, 1.82) is 0 Å². The van der Waals surface area contributed by atoms with Crippen LogP contribution in [-0.4, -0.2) is 28.0 Å². The number of aryl methyl sites for hydroxylation is 1. The molecule has 0 atom stereocenters. The summed E-state index contributed by atoms with van der Waals surface area (Å²) < 4.78 is 0. The van der Waals surface area contributed by atoms with Crippen LogP contribution in [0, 0.1) is 6.92 Å². The Morgan fingerprint density at radius 2 is 1.74 bits per heavy atom. The fourth-order valence-corrected chi connectivity index (χ4v) is 3.48. The van der Waals surface area contributed by atoms with Crippen molar-refractivity contribution in [2.45, 2.75) is 25.7 Å². The largest absolute Gasteiger partial charge is 0.357 e. The first-order valence-electron chi connectivity index (χ1n) is 8.19. The lowest BCUT2D eigenvalue weighted by Gasteiger charge is -2.33. The van der Waals surface area contributed by atoms with E-state index in [-0.39, 0.29) is 0 Å². The third kappa shape index (κ3) is 2.77. The van der Waals surface area contributed by atoms with Gasteiger partial charge in [-0.05, 0) is 48.9 Å². The second-order valence-corrected chi connectivity index (χ2v) is 6.19. The first kappa shape index (κ1) is 14.1. The third-order valence-corrected chi connectivity index (χ3v) is 4.76. The average molecular weight is 304 g/mol. The summed E-state index contributed by atoms with van der Waals surface area (Å²) in [6.07, 6.45) is 5.75. The maximum Gasteiger partial charge on any atom is 0.180 e. The van der Waals surface area contributed by atoms with E-state index in [9.17, 15) is 0 Å². The van der Waals surface area contributed by atoms with Gasteiger partial charge >= 0.3 is 0 Å². The molecule has 1 aliphatic rings. The zero-order valence-electron chi connectivity index (χ0n) is 13.3. The number of anilines is 1. The quantitative estimate of drug-likeness (QED) is 0.723. The lowest BCUT2D eigenvalue weighted by atomic mass is 9.87. The first-order valence-corrected chi connectivity index (χ1v) is 8.19. The molecule has 23 heavy (non-hydrogen) atoms. The standard InChI is InChI=1S/C19H20N4/c1-14-4-2-3-5-16(14)15-8-12-23(13-9-15)18-7-6-17-19(22-18)21-11-10-20-17/h2-7,10-11,15H,8-9,12-13H2,1H3. The predicted octanol–water partition coefficient (Wildman–Crippen LogP) is 3.72. The molecule has 1 aliphatic heterocycles. The summed E-state index contributed by atoms with van der Waals surface area (Å²) in [5, 5.41) is 0. The van der Waals surface area contributed by atoms with E-state index in [1.54, 1.807) is 12.4 Å². The van der Waals surface area contributed by atoms with Gasteiger partial charge in [0, 0.05) is 25.5 Å². The predicted molar refractivity (Wildman–Crippen MR) is 92.7 cm³/mol. The number of aromatic nitrogens is 3. The Morgan fingerprint density at radius 3 is 2.57 bits per heavy atom. The molecule has 4 rings (SSSR count). The normalized spacial score (nSPS) is 16.0. The van der Waals surface area contributed by atoms with Gasteiger partial charge in [-0.25, -0.2) is 9.97 Å². The Kier molecular flexibility index (Phi) is 3.66. The summed E-state index contributed by atoms with van der Waals surface area (Å²) in [5.74, 6) is 1.67. The minimum Gasteiger partial charge on any atom is -0.357 e. The van der Waals surface area contributed by atoms with Crippen molar-refractivity contribution >= 4 is 17.0 Å². The number of benzene rings is 1. The second-order valence-electron chi connectivity index (χ2n) is 6.19. The Balaban J connectivity index is 1.51. The number of fused-ring (bicyclic) bond motifs is 1. The Hall–Kier alpha value is -2.49. The molecular weight excluding hydrogens is 284 g/mol. The highest BCUT2D eigenvalue weighted by Crippen LogP contribution is 2.31. The van der Waals surface area contributed by atoms with Gasteiger partial charge in [0.2, 0.25) is 0 Å². The van der Waals surface area contributed by atoms with Gasteiger partial charge < -0.3 is 4.90 Å². The van der Waals surface area contributed by atoms with Gasteiger partial charge in [0.25, 0.3) is 0 Å². The van der Waals surface area contributed by atoms with Crippen LogP contribution in [0.4, 0.5) is 5.82 Å². The van der Waals surface area contributed by atoms with Gasteiger partial charge in [-0.1, -0.05) is 24.3 Å². The van der Waals surface area contributed by atoms with Crippen molar-refractivity contribution in [3.05, 3.63) is 59.9 Å². The molecule has 3 aromatic rings. The van der Waals surface area contributed by atoms with Crippen molar-refractivity contribution in [2.24, 2.45) is 0 Å². The van der Waals surface area contributed by atoms with Crippen LogP contribution in [0.15, 0.2) is 48.8 Å². The molecule has 2 aromatic heterocycles. The molecule has 0 aliphatic carbocycles. The van der Waals surface area contributed by atoms with E-state index in [0.717, 1.165) is 30.1 Å². The lowest BCUT2D eigenvalue weighted by molar-refractivity contribution is 0.501. The summed E-state index contributed by atoms with van der Waals surface area (Å²) in [5.41, 5.74) is 4.49. The highest BCUT2D eigenvalue weighted by molar-refractivity contribution is 5.71. The topological polar surface area (TPSA) is 41.9 Å². The maximum absolute atomic E-state index is 4.67. The molecular formula is C19H20N4. The fraction of sp³-hybridized carbons (Fsp3) is 0.316. The van der Waals surface area contributed by atoms with Gasteiger partial charge in [-0.3, -0.25) is 4.98 Å². The van der Waals surface area contributed by atoms with Crippen LogP contribution in [-0.2, 0) is 0 Å². The zero-order valence-corrected chi connectivity index (χ0v) is 13.3. The molecule has 116 valence electrons.